The minimum Gasteiger partial charge on any atom is -0.392 e. The number of rotatable bonds is 8. The molecule has 1 rings (SSSR count). The Bertz CT molecular complexity index is 405. The Morgan fingerprint density at radius 3 is 2.40 bits per heavy atom. The Morgan fingerprint density at radius 1 is 1.20 bits per heavy atom. The first-order chi connectivity index (χ1) is 9.47. The predicted molar refractivity (Wildman–Crippen MR) is 85.3 cm³/mol. The third-order valence-corrected chi connectivity index (χ3v) is 3.40. The van der Waals surface area contributed by atoms with Crippen molar-refractivity contribution in [1.29, 1.82) is 0 Å². The second-order valence-electron chi connectivity index (χ2n) is 5.81. The van der Waals surface area contributed by atoms with Gasteiger partial charge in [-0.15, -0.1) is 0 Å². The summed E-state index contributed by atoms with van der Waals surface area (Å²) in [6.07, 6.45) is 1.11. The van der Waals surface area contributed by atoms with Crippen LogP contribution in [0.4, 0.5) is 5.82 Å². The molecule has 0 aliphatic rings. The van der Waals surface area contributed by atoms with Gasteiger partial charge in [0.15, 0.2) is 0 Å². The predicted octanol–water partition coefficient (Wildman–Crippen LogP) is 2.48. The molecule has 0 fully saturated rings. The minimum absolute atomic E-state index is 0.0739. The van der Waals surface area contributed by atoms with Crippen molar-refractivity contribution < 1.29 is 5.11 Å². The molecule has 0 amide bonds. The van der Waals surface area contributed by atoms with Gasteiger partial charge in [-0.1, -0.05) is 13.8 Å². The van der Waals surface area contributed by atoms with E-state index in [0.717, 1.165) is 43.1 Å². The number of hydrogen-bond acceptors (Lipinski definition) is 4. The smallest absolute Gasteiger partial charge is 0.129 e. The van der Waals surface area contributed by atoms with E-state index in [1.165, 1.54) is 0 Å². The third kappa shape index (κ3) is 5.10. The van der Waals surface area contributed by atoms with Crippen LogP contribution < -0.4 is 4.90 Å². The van der Waals surface area contributed by atoms with Crippen LogP contribution >= 0.6 is 0 Å². The first kappa shape index (κ1) is 16.9. The second kappa shape index (κ2) is 8.22. The molecule has 0 spiro atoms. The summed E-state index contributed by atoms with van der Waals surface area (Å²) in [7, 11) is 4.19. The van der Waals surface area contributed by atoms with E-state index >= 15 is 0 Å². The molecular weight excluding hydrogens is 250 g/mol. The van der Waals surface area contributed by atoms with Crippen LogP contribution in [-0.4, -0.2) is 48.7 Å². The van der Waals surface area contributed by atoms with Crippen LogP contribution in [0, 0.1) is 0 Å². The molecule has 0 bridgehead atoms. The highest BCUT2D eigenvalue weighted by molar-refractivity contribution is 5.43. The average molecular weight is 279 g/mol. The molecule has 4 heteroatoms. The van der Waals surface area contributed by atoms with Crippen molar-refractivity contribution in [3.05, 3.63) is 23.4 Å². The first-order valence-electron chi connectivity index (χ1n) is 7.49. The van der Waals surface area contributed by atoms with Crippen LogP contribution in [-0.2, 0) is 6.61 Å². The number of nitrogens with zero attached hydrogens (tertiary/aromatic N) is 3. The molecule has 0 aliphatic heterocycles. The standard InChI is InChI=1S/C16H29N3O/c1-6-19(9-7-8-18(4)5)16-11-14(12-20)10-15(17-16)13(2)3/h10-11,13,20H,6-9,12H2,1-5H3. The minimum atomic E-state index is 0.0739. The third-order valence-electron chi connectivity index (χ3n) is 3.40. The lowest BCUT2D eigenvalue weighted by Crippen LogP contribution is -2.28. The van der Waals surface area contributed by atoms with E-state index < -0.39 is 0 Å². The molecule has 1 heterocycles. The first-order valence-corrected chi connectivity index (χ1v) is 7.49. The van der Waals surface area contributed by atoms with Crippen LogP contribution in [0.3, 0.4) is 0 Å². The zero-order chi connectivity index (χ0) is 15.1. The van der Waals surface area contributed by atoms with Gasteiger partial charge in [-0.05, 0) is 57.6 Å². The van der Waals surface area contributed by atoms with Crippen molar-refractivity contribution in [2.45, 2.75) is 39.7 Å². The zero-order valence-corrected chi connectivity index (χ0v) is 13.6. The molecule has 0 unspecified atom stereocenters. The molecule has 0 radical (unpaired) electrons. The molecule has 4 nitrogen and oxygen atoms in total. The lowest BCUT2D eigenvalue weighted by Gasteiger charge is -2.24. The van der Waals surface area contributed by atoms with Crippen LogP contribution in [0.25, 0.3) is 0 Å². The fourth-order valence-corrected chi connectivity index (χ4v) is 2.16. The quantitative estimate of drug-likeness (QED) is 0.793. The summed E-state index contributed by atoms with van der Waals surface area (Å²) in [5.41, 5.74) is 2.00. The maximum Gasteiger partial charge on any atom is 0.129 e. The van der Waals surface area contributed by atoms with Gasteiger partial charge >= 0.3 is 0 Å². The Balaban J connectivity index is 2.87. The monoisotopic (exact) mass is 279 g/mol. The number of hydrogen-bond donors (Lipinski definition) is 1. The molecule has 0 atom stereocenters. The van der Waals surface area contributed by atoms with E-state index in [1.54, 1.807) is 0 Å². The Kier molecular flexibility index (Phi) is 6.96. The number of aliphatic hydroxyl groups excluding tert-OH is 1. The van der Waals surface area contributed by atoms with Gasteiger partial charge in [-0.2, -0.15) is 0 Å². The molecule has 1 aromatic heterocycles. The van der Waals surface area contributed by atoms with E-state index in [2.05, 4.69) is 44.7 Å². The van der Waals surface area contributed by atoms with E-state index in [0.29, 0.717) is 5.92 Å². The van der Waals surface area contributed by atoms with Crippen molar-refractivity contribution in [3.8, 4) is 0 Å². The molecule has 0 aliphatic carbocycles. The highest BCUT2D eigenvalue weighted by Gasteiger charge is 2.11. The maximum atomic E-state index is 9.42. The highest BCUT2D eigenvalue weighted by atomic mass is 16.3. The van der Waals surface area contributed by atoms with E-state index in [-0.39, 0.29) is 6.61 Å². The summed E-state index contributed by atoms with van der Waals surface area (Å²) in [6, 6.07) is 4.01. The maximum absolute atomic E-state index is 9.42. The fraction of sp³-hybridized carbons (Fsp3) is 0.688. The van der Waals surface area contributed by atoms with Gasteiger partial charge in [0.1, 0.15) is 5.82 Å². The van der Waals surface area contributed by atoms with Gasteiger partial charge in [0.25, 0.3) is 0 Å². The number of aliphatic hydroxyl groups is 1. The summed E-state index contributed by atoms with van der Waals surface area (Å²) in [6.45, 7) is 9.50. The fourth-order valence-electron chi connectivity index (χ4n) is 2.16. The Morgan fingerprint density at radius 2 is 1.90 bits per heavy atom. The molecule has 20 heavy (non-hydrogen) atoms. The van der Waals surface area contributed by atoms with Crippen LogP contribution in [0.5, 0.6) is 0 Å². The van der Waals surface area contributed by atoms with Crippen LogP contribution in [0.2, 0.25) is 0 Å². The number of anilines is 1. The van der Waals surface area contributed by atoms with Gasteiger partial charge in [-0.3, -0.25) is 0 Å². The van der Waals surface area contributed by atoms with Crippen molar-refractivity contribution >= 4 is 5.82 Å². The number of pyridine rings is 1. The van der Waals surface area contributed by atoms with Crippen molar-refractivity contribution in [2.75, 3.05) is 38.6 Å². The van der Waals surface area contributed by atoms with Gasteiger partial charge in [-0.25, -0.2) is 4.98 Å². The van der Waals surface area contributed by atoms with E-state index in [1.807, 2.05) is 12.1 Å². The Hall–Kier alpha value is -1.13. The van der Waals surface area contributed by atoms with Gasteiger partial charge in [0, 0.05) is 18.8 Å². The topological polar surface area (TPSA) is 39.6 Å². The average Bonchev–Trinajstić information content (AvgIpc) is 2.42. The Labute approximate surface area is 123 Å². The molecule has 0 saturated heterocycles. The SMILES string of the molecule is CCN(CCCN(C)C)c1cc(CO)cc(C(C)C)n1. The second-order valence-corrected chi connectivity index (χ2v) is 5.81. The van der Waals surface area contributed by atoms with Crippen molar-refractivity contribution in [2.24, 2.45) is 0 Å². The molecular formula is C16H29N3O. The summed E-state index contributed by atoms with van der Waals surface area (Å²) in [5.74, 6) is 1.36. The van der Waals surface area contributed by atoms with Crippen molar-refractivity contribution in [1.82, 2.24) is 9.88 Å². The number of aromatic nitrogens is 1. The van der Waals surface area contributed by atoms with Gasteiger partial charge in [0.05, 0.1) is 6.61 Å². The zero-order valence-electron chi connectivity index (χ0n) is 13.6. The molecule has 1 N–H and O–H groups in total. The summed E-state index contributed by atoms with van der Waals surface area (Å²) in [5, 5.41) is 9.42. The molecule has 114 valence electrons. The summed E-state index contributed by atoms with van der Waals surface area (Å²) < 4.78 is 0. The summed E-state index contributed by atoms with van der Waals surface area (Å²) >= 11 is 0. The molecule has 0 aromatic carbocycles. The normalized spacial score (nSPS) is 11.4. The molecule has 1 aromatic rings. The van der Waals surface area contributed by atoms with Crippen LogP contribution in [0.15, 0.2) is 12.1 Å². The summed E-state index contributed by atoms with van der Waals surface area (Å²) in [4.78, 5) is 9.24. The van der Waals surface area contributed by atoms with E-state index in [9.17, 15) is 5.11 Å². The van der Waals surface area contributed by atoms with Crippen LogP contribution in [0.1, 0.15) is 44.4 Å². The van der Waals surface area contributed by atoms with Gasteiger partial charge in [0.2, 0.25) is 0 Å². The van der Waals surface area contributed by atoms with Gasteiger partial charge < -0.3 is 14.9 Å². The highest BCUT2D eigenvalue weighted by Crippen LogP contribution is 2.20. The lowest BCUT2D eigenvalue weighted by atomic mass is 10.1. The molecule has 0 saturated carbocycles. The largest absolute Gasteiger partial charge is 0.392 e. The lowest BCUT2D eigenvalue weighted by molar-refractivity contribution is 0.281. The van der Waals surface area contributed by atoms with Crippen molar-refractivity contribution in [3.63, 3.8) is 0 Å². The van der Waals surface area contributed by atoms with E-state index in [4.69, 9.17) is 4.98 Å².